The molecular weight excluding hydrogens is 373 g/mol. The molecule has 0 radical (unpaired) electrons. The fraction of sp³-hybridized carbons (Fsp3) is 0.300. The Morgan fingerprint density at radius 1 is 1.21 bits per heavy atom. The van der Waals surface area contributed by atoms with Crippen molar-refractivity contribution >= 4 is 34.7 Å². The van der Waals surface area contributed by atoms with Gasteiger partial charge in [0.1, 0.15) is 23.6 Å². The van der Waals surface area contributed by atoms with Crippen LogP contribution < -0.4 is 5.32 Å². The number of nitrogens with zero attached hydrogens (tertiary/aromatic N) is 5. The van der Waals surface area contributed by atoms with Crippen LogP contribution in [0.5, 0.6) is 0 Å². The molecule has 1 aromatic carbocycles. The lowest BCUT2D eigenvalue weighted by molar-refractivity contribution is 0.0666. The largest absolute Gasteiger partial charge is 0.345 e. The zero-order chi connectivity index (χ0) is 20.0. The normalized spacial score (nSPS) is 16.4. The molecule has 0 bridgehead atoms. The number of aromatic nitrogens is 3. The van der Waals surface area contributed by atoms with Gasteiger partial charge in [-0.1, -0.05) is 0 Å². The first-order valence-electron chi connectivity index (χ1n) is 9.49. The average Bonchev–Trinajstić information content (AvgIpc) is 3.35. The number of hydrogen-bond donors (Lipinski definition) is 2. The first kappa shape index (κ1) is 17.7. The molecule has 2 aliphatic heterocycles. The van der Waals surface area contributed by atoms with Crippen molar-refractivity contribution in [3.63, 3.8) is 0 Å². The maximum Gasteiger partial charge on any atom is 0.256 e. The van der Waals surface area contributed by atoms with Crippen LogP contribution in [0.3, 0.4) is 0 Å². The minimum Gasteiger partial charge on any atom is -0.345 e. The minimum absolute atomic E-state index is 0.0799. The summed E-state index contributed by atoms with van der Waals surface area (Å²) in [4.78, 5) is 32.9. The topological polar surface area (TPSA) is 89.5 Å². The summed E-state index contributed by atoms with van der Waals surface area (Å²) < 4.78 is 14.6. The smallest absolute Gasteiger partial charge is 0.256 e. The first-order chi connectivity index (χ1) is 14.1. The van der Waals surface area contributed by atoms with Gasteiger partial charge < -0.3 is 20.1 Å². The van der Waals surface area contributed by atoms with E-state index in [9.17, 15) is 9.18 Å². The Labute approximate surface area is 166 Å². The molecule has 148 valence electrons. The van der Waals surface area contributed by atoms with Crippen molar-refractivity contribution in [3.8, 4) is 0 Å². The maximum atomic E-state index is 14.6. The number of nitrogens with one attached hydrogen (secondary N) is 2. The molecule has 5 rings (SSSR count). The highest BCUT2D eigenvalue weighted by Gasteiger charge is 2.25. The summed E-state index contributed by atoms with van der Waals surface area (Å²) in [6, 6.07) is 3.19. The lowest BCUT2D eigenvalue weighted by atomic mass is 10.1. The summed E-state index contributed by atoms with van der Waals surface area (Å²) >= 11 is 0. The standard InChI is InChI=1S/C20H20FN7O/c1-27-2-4-28(5-3-27)20(29)14-10-23-18-17(14)19(25-11-24-18)26-16-7-13-9-22-8-12(13)6-15(16)21/h6-7,9-11H,2-5,8H2,1H3,(H2,23,24,25,26). The molecule has 0 atom stereocenters. The van der Waals surface area contributed by atoms with E-state index in [2.05, 4.69) is 30.2 Å². The van der Waals surface area contributed by atoms with Crippen LogP contribution in [0.2, 0.25) is 0 Å². The van der Waals surface area contributed by atoms with Gasteiger partial charge in [-0.15, -0.1) is 0 Å². The molecule has 1 fully saturated rings. The average molecular weight is 393 g/mol. The lowest BCUT2D eigenvalue weighted by Gasteiger charge is -2.32. The van der Waals surface area contributed by atoms with Crippen LogP contribution in [0, 0.1) is 5.82 Å². The third-order valence-electron chi connectivity index (χ3n) is 5.46. The number of carbonyl (C=O) groups excluding carboxylic acids is 1. The van der Waals surface area contributed by atoms with Gasteiger partial charge >= 0.3 is 0 Å². The van der Waals surface area contributed by atoms with Gasteiger partial charge in [0.05, 0.1) is 23.2 Å². The van der Waals surface area contributed by atoms with E-state index in [-0.39, 0.29) is 17.4 Å². The fourth-order valence-corrected chi connectivity index (χ4v) is 3.76. The molecular formula is C20H20FN7O. The van der Waals surface area contributed by atoms with Crippen LogP contribution in [0.1, 0.15) is 21.5 Å². The molecule has 29 heavy (non-hydrogen) atoms. The van der Waals surface area contributed by atoms with Crippen molar-refractivity contribution in [2.24, 2.45) is 4.99 Å². The third kappa shape index (κ3) is 3.13. The SMILES string of the molecule is CN1CCN(C(=O)c2c[nH]c3ncnc(Nc4cc5c(cc4F)CN=C5)c23)CC1. The Hall–Kier alpha value is -3.33. The number of halogens is 1. The Bertz CT molecular complexity index is 1130. The van der Waals surface area contributed by atoms with Crippen LogP contribution in [0.15, 0.2) is 29.6 Å². The highest BCUT2D eigenvalue weighted by Crippen LogP contribution is 2.30. The molecule has 3 aromatic rings. The van der Waals surface area contributed by atoms with E-state index < -0.39 is 0 Å². The number of piperazine rings is 1. The summed E-state index contributed by atoms with van der Waals surface area (Å²) in [5, 5.41) is 3.61. The number of rotatable bonds is 3. The first-order valence-corrected chi connectivity index (χ1v) is 9.49. The fourth-order valence-electron chi connectivity index (χ4n) is 3.76. The molecule has 0 aliphatic carbocycles. The molecule has 8 nitrogen and oxygen atoms in total. The second kappa shape index (κ2) is 6.93. The van der Waals surface area contributed by atoms with Gasteiger partial charge in [0.2, 0.25) is 0 Å². The van der Waals surface area contributed by atoms with Gasteiger partial charge in [-0.05, 0) is 30.3 Å². The molecule has 1 amide bonds. The molecule has 2 aromatic heterocycles. The van der Waals surface area contributed by atoms with Gasteiger partial charge in [0, 0.05) is 38.6 Å². The van der Waals surface area contributed by atoms with Crippen molar-refractivity contribution in [2.75, 3.05) is 38.5 Å². The predicted molar refractivity (Wildman–Crippen MR) is 108 cm³/mol. The Balaban J connectivity index is 1.51. The van der Waals surface area contributed by atoms with Crippen LogP contribution in [0.4, 0.5) is 15.9 Å². The van der Waals surface area contributed by atoms with E-state index in [0.29, 0.717) is 42.0 Å². The van der Waals surface area contributed by atoms with Crippen molar-refractivity contribution in [1.82, 2.24) is 24.8 Å². The Morgan fingerprint density at radius 2 is 2.03 bits per heavy atom. The van der Waals surface area contributed by atoms with E-state index in [1.54, 1.807) is 18.5 Å². The van der Waals surface area contributed by atoms with Crippen LogP contribution >= 0.6 is 0 Å². The number of amides is 1. The minimum atomic E-state index is -0.386. The summed E-state index contributed by atoms with van der Waals surface area (Å²) in [7, 11) is 2.04. The van der Waals surface area contributed by atoms with Crippen LogP contribution in [-0.4, -0.2) is 70.1 Å². The Morgan fingerprint density at radius 3 is 2.86 bits per heavy atom. The second-order valence-electron chi connectivity index (χ2n) is 7.37. The highest BCUT2D eigenvalue weighted by atomic mass is 19.1. The molecule has 9 heteroatoms. The van der Waals surface area contributed by atoms with Crippen molar-refractivity contribution in [3.05, 3.63) is 47.2 Å². The number of H-pyrrole nitrogens is 1. The molecule has 4 heterocycles. The highest BCUT2D eigenvalue weighted by molar-refractivity contribution is 6.10. The zero-order valence-electron chi connectivity index (χ0n) is 15.9. The van der Waals surface area contributed by atoms with E-state index >= 15 is 0 Å². The van der Waals surface area contributed by atoms with Crippen LogP contribution in [0.25, 0.3) is 11.0 Å². The summed E-state index contributed by atoms with van der Waals surface area (Å²) in [6.45, 7) is 3.48. The Kier molecular flexibility index (Phi) is 4.24. The predicted octanol–water partition coefficient (Wildman–Crippen LogP) is 2.16. The maximum absolute atomic E-state index is 14.6. The molecule has 0 spiro atoms. The number of likely N-dealkylation sites (N-methyl/N-ethyl adjacent to an activating group) is 1. The number of anilines is 2. The van der Waals surface area contributed by atoms with Crippen molar-refractivity contribution < 1.29 is 9.18 Å². The van der Waals surface area contributed by atoms with Gasteiger partial charge in [0.25, 0.3) is 5.91 Å². The van der Waals surface area contributed by atoms with Gasteiger partial charge in [-0.2, -0.15) is 0 Å². The molecule has 2 aliphatic rings. The molecule has 1 saturated heterocycles. The van der Waals surface area contributed by atoms with E-state index in [4.69, 9.17) is 0 Å². The number of carbonyl (C=O) groups is 1. The molecule has 2 N–H and O–H groups in total. The third-order valence-corrected chi connectivity index (χ3v) is 5.46. The number of aliphatic imine (C=N–C) groups is 1. The van der Waals surface area contributed by atoms with Gasteiger partial charge in [-0.25, -0.2) is 14.4 Å². The van der Waals surface area contributed by atoms with E-state index in [1.165, 1.54) is 12.4 Å². The lowest BCUT2D eigenvalue weighted by Crippen LogP contribution is -2.47. The van der Waals surface area contributed by atoms with E-state index in [0.717, 1.165) is 24.2 Å². The summed E-state index contributed by atoms with van der Waals surface area (Å²) in [5.41, 5.74) is 3.03. The second-order valence-corrected chi connectivity index (χ2v) is 7.37. The van der Waals surface area contributed by atoms with Crippen molar-refractivity contribution in [2.45, 2.75) is 6.54 Å². The number of aromatic amines is 1. The van der Waals surface area contributed by atoms with Gasteiger partial charge in [-0.3, -0.25) is 9.79 Å². The van der Waals surface area contributed by atoms with Crippen molar-refractivity contribution in [1.29, 1.82) is 0 Å². The van der Waals surface area contributed by atoms with Crippen LogP contribution in [-0.2, 0) is 6.54 Å². The summed E-state index contributed by atoms with van der Waals surface area (Å²) in [5.74, 6) is -0.0743. The zero-order valence-corrected chi connectivity index (χ0v) is 15.9. The number of fused-ring (bicyclic) bond motifs is 2. The number of hydrogen-bond acceptors (Lipinski definition) is 6. The van der Waals surface area contributed by atoms with Gasteiger partial charge in [0.15, 0.2) is 0 Å². The summed E-state index contributed by atoms with van der Waals surface area (Å²) in [6.07, 6.45) is 4.77. The quantitative estimate of drug-likeness (QED) is 0.712. The molecule has 0 unspecified atom stereocenters. The number of benzene rings is 1. The monoisotopic (exact) mass is 393 g/mol. The molecule has 0 saturated carbocycles. The van der Waals surface area contributed by atoms with E-state index in [1.807, 2.05) is 11.9 Å².